The number of carboxylic acids is 1. The molecule has 0 aliphatic carbocycles. The van der Waals surface area contributed by atoms with Crippen molar-refractivity contribution in [1.82, 2.24) is 0 Å². The van der Waals surface area contributed by atoms with Gasteiger partial charge in [0.15, 0.2) is 0 Å². The van der Waals surface area contributed by atoms with E-state index in [-0.39, 0.29) is 41.6 Å². The molecule has 1 unspecified atom stereocenters. The molecule has 0 bridgehead atoms. The van der Waals surface area contributed by atoms with Gasteiger partial charge in [0.1, 0.15) is 15.6 Å². The monoisotopic (exact) mass is 248 g/mol. The fourth-order valence-electron chi connectivity index (χ4n) is 0.204. The van der Waals surface area contributed by atoms with Crippen LogP contribution in [0.5, 0.6) is 0 Å². The fraction of sp³-hybridized carbons (Fsp3) is 0.571. The quantitative estimate of drug-likeness (QED) is 0.311. The van der Waals surface area contributed by atoms with E-state index >= 15 is 0 Å². The molecule has 2 N–H and O–H groups in total. The van der Waals surface area contributed by atoms with Gasteiger partial charge >= 0.3 is 35.5 Å². The third-order valence-electron chi connectivity index (χ3n) is 1.05. The largest absolute Gasteiger partial charge is 1.00 e. The summed E-state index contributed by atoms with van der Waals surface area (Å²) in [7, 11) is -4.45. The van der Waals surface area contributed by atoms with Gasteiger partial charge in [-0.1, -0.05) is 13.5 Å². The van der Waals surface area contributed by atoms with E-state index in [2.05, 4.69) is 6.58 Å². The van der Waals surface area contributed by atoms with E-state index < -0.39 is 21.5 Å². The number of carboxylic acid groups (broad SMARTS) is 1. The first-order chi connectivity index (χ1) is 6.12. The van der Waals surface area contributed by atoms with Crippen LogP contribution in [-0.4, -0.2) is 34.6 Å². The summed E-state index contributed by atoms with van der Waals surface area (Å²) < 4.78 is 29.3. The molecule has 0 fully saturated rings. The van der Waals surface area contributed by atoms with Crippen LogP contribution in [0.4, 0.5) is 0 Å². The van der Waals surface area contributed by atoms with E-state index in [1.54, 1.807) is 0 Å². The Kier molecular flexibility index (Phi) is 12.7. The molecule has 0 amide bonds. The van der Waals surface area contributed by atoms with Crippen LogP contribution < -0.4 is 29.6 Å². The summed E-state index contributed by atoms with van der Waals surface area (Å²) in [6.45, 7) is 6.02. The van der Waals surface area contributed by atoms with E-state index in [0.717, 1.165) is 0 Å². The van der Waals surface area contributed by atoms with Crippen LogP contribution in [0.3, 0.4) is 0 Å². The molecule has 0 saturated carbocycles. The number of aliphatic carboxylic acids is 1. The van der Waals surface area contributed by atoms with Crippen LogP contribution in [0.1, 0.15) is 20.3 Å². The van der Waals surface area contributed by atoms with E-state index in [4.69, 9.17) is 10.2 Å². The average molecular weight is 248 g/mol. The summed E-state index contributed by atoms with van der Waals surface area (Å²) in [6, 6.07) is 0. The van der Waals surface area contributed by atoms with Crippen molar-refractivity contribution in [3.05, 3.63) is 12.2 Å². The van der Waals surface area contributed by atoms with Gasteiger partial charge in [-0.25, -0.2) is 13.2 Å². The minimum atomic E-state index is -4.45. The van der Waals surface area contributed by atoms with Crippen molar-refractivity contribution < 1.29 is 57.5 Å². The zero-order chi connectivity index (χ0) is 11.9. The number of carbonyl (C=O) groups is 1. The van der Waals surface area contributed by atoms with Gasteiger partial charge in [-0.15, -0.1) is 0 Å². The van der Waals surface area contributed by atoms with Gasteiger partial charge in [-0.2, -0.15) is 0 Å². The standard InChI is InChI=1S/C4H6O2.C3H8O4S.Na/c1-3(2)4(5)6;1-2-3(4)8(5,6)7;/h1H2,2H3,(H,5,6);3-4H,2H2,1H3,(H,5,6,7);/q;;+1/p-1. The Balaban J connectivity index is -0.000000187. The second kappa shape index (κ2) is 9.32. The topological polar surface area (TPSA) is 115 Å². The van der Waals surface area contributed by atoms with Crippen LogP contribution in [0.15, 0.2) is 12.2 Å². The van der Waals surface area contributed by atoms with Gasteiger partial charge in [0.05, 0.1) is 0 Å². The van der Waals surface area contributed by atoms with Gasteiger partial charge in [0.25, 0.3) is 0 Å². The zero-order valence-electron chi connectivity index (χ0n) is 8.93. The van der Waals surface area contributed by atoms with Gasteiger partial charge in [0, 0.05) is 5.57 Å². The Morgan fingerprint density at radius 2 is 1.80 bits per heavy atom. The van der Waals surface area contributed by atoms with Crippen molar-refractivity contribution in [1.29, 1.82) is 0 Å². The van der Waals surface area contributed by atoms with Crippen molar-refractivity contribution in [3.8, 4) is 0 Å². The maximum Gasteiger partial charge on any atom is 1.00 e. The Bertz CT molecular complexity index is 285. The molecule has 0 aliphatic heterocycles. The molecule has 0 aromatic carbocycles. The van der Waals surface area contributed by atoms with Gasteiger partial charge in [-0.05, 0) is 13.3 Å². The van der Waals surface area contributed by atoms with Crippen molar-refractivity contribution >= 4 is 16.1 Å². The molecule has 0 radical (unpaired) electrons. The van der Waals surface area contributed by atoms with E-state index in [1.165, 1.54) is 13.8 Å². The summed E-state index contributed by atoms with van der Waals surface area (Å²) in [5.74, 6) is -0.935. The van der Waals surface area contributed by atoms with Crippen molar-refractivity contribution in [3.63, 3.8) is 0 Å². The number of hydrogen-bond acceptors (Lipinski definition) is 5. The predicted molar refractivity (Wildman–Crippen MR) is 48.4 cm³/mol. The molecule has 0 saturated heterocycles. The Morgan fingerprint density at radius 1 is 1.53 bits per heavy atom. The maximum atomic E-state index is 9.76. The van der Waals surface area contributed by atoms with E-state index in [1.807, 2.05) is 0 Å². The second-order valence-corrected chi connectivity index (χ2v) is 3.97. The number of aliphatic hydroxyl groups excluding tert-OH is 1. The molecule has 15 heavy (non-hydrogen) atoms. The smallest absolute Gasteiger partial charge is 0.746 e. The first kappa shape index (κ1) is 20.5. The molecule has 84 valence electrons. The normalized spacial score (nSPS) is 11.5. The molecule has 0 aliphatic rings. The molecular weight excluding hydrogens is 235 g/mol. The minimum Gasteiger partial charge on any atom is -0.746 e. The number of rotatable bonds is 3. The molecule has 0 spiro atoms. The Labute approximate surface area is 111 Å². The first-order valence-electron chi connectivity index (χ1n) is 3.64. The molecule has 0 aromatic heterocycles. The van der Waals surface area contributed by atoms with Crippen LogP contribution >= 0.6 is 0 Å². The Morgan fingerprint density at radius 3 is 1.80 bits per heavy atom. The van der Waals surface area contributed by atoms with Crippen molar-refractivity contribution in [2.45, 2.75) is 25.7 Å². The average Bonchev–Trinajstić information content (AvgIpc) is 2.02. The van der Waals surface area contributed by atoms with Crippen molar-refractivity contribution in [2.75, 3.05) is 0 Å². The summed E-state index contributed by atoms with van der Waals surface area (Å²) in [5, 5.41) is 16.2. The summed E-state index contributed by atoms with van der Waals surface area (Å²) in [6.07, 6.45) is -0.0498. The van der Waals surface area contributed by atoms with Crippen LogP contribution in [-0.2, 0) is 14.9 Å². The van der Waals surface area contributed by atoms with Crippen LogP contribution in [0, 0.1) is 0 Å². The van der Waals surface area contributed by atoms with Gasteiger partial charge in [0.2, 0.25) is 0 Å². The summed E-state index contributed by atoms with van der Waals surface area (Å²) in [5.41, 5.74) is -1.56. The predicted octanol–water partition coefficient (Wildman–Crippen LogP) is -3.09. The second-order valence-electron chi connectivity index (χ2n) is 2.44. The zero-order valence-corrected chi connectivity index (χ0v) is 11.7. The SMILES string of the molecule is C=C(C)C(=O)O.CCC(O)S(=O)(=O)[O-].[Na+]. The first-order valence-corrected chi connectivity index (χ1v) is 5.11. The summed E-state index contributed by atoms with van der Waals surface area (Å²) >= 11 is 0. The number of aliphatic hydroxyl groups is 1. The minimum absolute atomic E-state index is 0. The molecular formula is C7H13NaO6S. The maximum absolute atomic E-state index is 9.76. The van der Waals surface area contributed by atoms with E-state index in [0.29, 0.717) is 0 Å². The van der Waals surface area contributed by atoms with Gasteiger partial charge in [-0.3, -0.25) is 0 Å². The third-order valence-corrected chi connectivity index (χ3v) is 2.05. The Hall–Kier alpha value is 0.0800. The van der Waals surface area contributed by atoms with Crippen LogP contribution in [0.25, 0.3) is 0 Å². The molecule has 0 aromatic rings. The van der Waals surface area contributed by atoms with Crippen molar-refractivity contribution in [2.24, 2.45) is 0 Å². The molecule has 6 nitrogen and oxygen atoms in total. The van der Waals surface area contributed by atoms with E-state index in [9.17, 15) is 17.8 Å². The number of hydrogen-bond donors (Lipinski definition) is 2. The fourth-order valence-corrected chi connectivity index (χ4v) is 0.612. The van der Waals surface area contributed by atoms with Crippen LogP contribution in [0.2, 0.25) is 0 Å². The summed E-state index contributed by atoms with van der Waals surface area (Å²) in [4.78, 5) is 9.60. The third kappa shape index (κ3) is 14.1. The molecule has 8 heteroatoms. The van der Waals surface area contributed by atoms with Gasteiger partial charge < -0.3 is 14.8 Å². The molecule has 0 rings (SSSR count). The molecule has 1 atom stereocenters. The molecule has 0 heterocycles.